The summed E-state index contributed by atoms with van der Waals surface area (Å²) in [4.78, 5) is 29.3. The highest BCUT2D eigenvalue weighted by atomic mass is 35.5. The summed E-state index contributed by atoms with van der Waals surface area (Å²) in [6, 6.07) is 7.75. The number of carbonyl (C=O) groups excluding carboxylic acids is 2. The van der Waals surface area contributed by atoms with Gasteiger partial charge in [0.1, 0.15) is 0 Å². The number of piperidine rings is 1. The van der Waals surface area contributed by atoms with Crippen LogP contribution >= 0.6 is 11.6 Å². The van der Waals surface area contributed by atoms with Gasteiger partial charge >= 0.3 is 0 Å². The molecule has 3 rings (SSSR count). The minimum atomic E-state index is -0.309. The van der Waals surface area contributed by atoms with Crippen LogP contribution in [0.4, 0.5) is 0 Å². The number of hydrogen-bond acceptors (Lipinski definition) is 2. The number of hydrogen-bond donors (Lipinski definition) is 0. The van der Waals surface area contributed by atoms with Gasteiger partial charge in [-0.05, 0) is 69.6 Å². The van der Waals surface area contributed by atoms with Crippen LogP contribution in [-0.4, -0.2) is 47.8 Å². The quantitative estimate of drug-likeness (QED) is 0.697. The van der Waals surface area contributed by atoms with Crippen LogP contribution in [0.25, 0.3) is 0 Å². The topological polar surface area (TPSA) is 40.6 Å². The van der Waals surface area contributed by atoms with Crippen LogP contribution in [0.5, 0.6) is 0 Å². The molecule has 0 radical (unpaired) electrons. The van der Waals surface area contributed by atoms with Gasteiger partial charge in [0, 0.05) is 37.6 Å². The fourth-order valence-corrected chi connectivity index (χ4v) is 4.44. The molecule has 4 nitrogen and oxygen atoms in total. The molecule has 1 aliphatic carbocycles. The fraction of sp³-hybridized carbons (Fsp3) is 0.636. The molecule has 2 amide bonds. The highest BCUT2D eigenvalue weighted by Crippen LogP contribution is 2.50. The number of halogens is 1. The summed E-state index contributed by atoms with van der Waals surface area (Å²) in [5.41, 5.74) is 0.791. The number of likely N-dealkylation sites (tertiary alicyclic amines) is 1. The largest absolute Gasteiger partial charge is 0.343 e. The monoisotopic (exact) mass is 390 g/mol. The number of rotatable bonds is 7. The Morgan fingerprint density at radius 2 is 1.70 bits per heavy atom. The summed E-state index contributed by atoms with van der Waals surface area (Å²) >= 11 is 5.99. The molecule has 1 aliphatic heterocycles. The summed E-state index contributed by atoms with van der Waals surface area (Å²) in [7, 11) is 0. The lowest BCUT2D eigenvalue weighted by Gasteiger charge is -2.35. The summed E-state index contributed by atoms with van der Waals surface area (Å²) in [6.07, 6.45) is 5.47. The second-order valence-corrected chi connectivity index (χ2v) is 8.37. The number of amides is 2. The van der Waals surface area contributed by atoms with Crippen molar-refractivity contribution in [3.63, 3.8) is 0 Å². The van der Waals surface area contributed by atoms with Gasteiger partial charge in [-0.15, -0.1) is 0 Å². The lowest BCUT2D eigenvalue weighted by Crippen LogP contribution is -2.44. The summed E-state index contributed by atoms with van der Waals surface area (Å²) in [5, 5.41) is 0.710. The van der Waals surface area contributed by atoms with Gasteiger partial charge in [-0.3, -0.25) is 9.59 Å². The first-order valence-electron chi connectivity index (χ1n) is 10.3. The Labute approximate surface area is 167 Å². The van der Waals surface area contributed by atoms with E-state index >= 15 is 0 Å². The first-order valence-corrected chi connectivity index (χ1v) is 10.7. The van der Waals surface area contributed by atoms with E-state index < -0.39 is 0 Å². The standard InChI is InChI=1S/C22H31ClN2O2/c1-3-24(4-2)20(26)10-5-17-11-15-25(16-12-17)21(27)22(13-14-22)18-6-8-19(23)9-7-18/h6-9,17H,3-5,10-16H2,1-2H3. The van der Waals surface area contributed by atoms with Crippen molar-refractivity contribution < 1.29 is 9.59 Å². The Morgan fingerprint density at radius 3 is 2.22 bits per heavy atom. The second-order valence-electron chi connectivity index (χ2n) is 7.93. The predicted octanol–water partition coefficient (Wildman–Crippen LogP) is 4.26. The smallest absolute Gasteiger partial charge is 0.233 e. The van der Waals surface area contributed by atoms with Crippen LogP contribution in [0.3, 0.4) is 0 Å². The number of carbonyl (C=O) groups is 2. The molecule has 1 saturated carbocycles. The Morgan fingerprint density at radius 1 is 1.11 bits per heavy atom. The van der Waals surface area contributed by atoms with Crippen molar-refractivity contribution >= 4 is 23.4 Å². The molecule has 0 bridgehead atoms. The molecule has 1 saturated heterocycles. The van der Waals surface area contributed by atoms with E-state index in [-0.39, 0.29) is 17.2 Å². The van der Waals surface area contributed by atoms with Gasteiger partial charge < -0.3 is 9.80 Å². The zero-order valence-corrected chi connectivity index (χ0v) is 17.3. The van der Waals surface area contributed by atoms with E-state index in [1.165, 1.54) is 0 Å². The third-order valence-electron chi connectivity index (χ3n) is 6.34. The Balaban J connectivity index is 1.50. The van der Waals surface area contributed by atoms with Gasteiger partial charge in [0.05, 0.1) is 5.41 Å². The molecule has 2 fully saturated rings. The van der Waals surface area contributed by atoms with Crippen LogP contribution in [0, 0.1) is 5.92 Å². The highest BCUT2D eigenvalue weighted by molar-refractivity contribution is 6.30. The van der Waals surface area contributed by atoms with E-state index in [2.05, 4.69) is 0 Å². The normalized spacial score (nSPS) is 19.0. The average molecular weight is 391 g/mol. The Kier molecular flexibility index (Phi) is 6.46. The van der Waals surface area contributed by atoms with Gasteiger partial charge in [0.15, 0.2) is 0 Å². The van der Waals surface area contributed by atoms with Crippen LogP contribution in [0.2, 0.25) is 5.02 Å². The van der Waals surface area contributed by atoms with Crippen molar-refractivity contribution in [2.45, 2.75) is 57.8 Å². The summed E-state index contributed by atoms with van der Waals surface area (Å²) in [6.45, 7) is 7.26. The first kappa shape index (κ1) is 20.2. The Bertz CT molecular complexity index is 657. The molecule has 1 heterocycles. The molecule has 0 N–H and O–H groups in total. The van der Waals surface area contributed by atoms with E-state index in [4.69, 9.17) is 11.6 Å². The van der Waals surface area contributed by atoms with E-state index in [1.54, 1.807) is 0 Å². The van der Waals surface area contributed by atoms with E-state index in [1.807, 2.05) is 47.9 Å². The lowest BCUT2D eigenvalue weighted by molar-refractivity contribution is -0.136. The maximum absolute atomic E-state index is 13.1. The van der Waals surface area contributed by atoms with Gasteiger partial charge in [0.2, 0.25) is 11.8 Å². The van der Waals surface area contributed by atoms with E-state index in [0.29, 0.717) is 17.4 Å². The molecular weight excluding hydrogens is 360 g/mol. The third kappa shape index (κ3) is 4.48. The number of benzene rings is 1. The zero-order chi connectivity index (χ0) is 19.4. The molecule has 0 aromatic heterocycles. The highest BCUT2D eigenvalue weighted by Gasteiger charge is 2.53. The van der Waals surface area contributed by atoms with Crippen molar-refractivity contribution in [1.29, 1.82) is 0 Å². The van der Waals surface area contributed by atoms with E-state index in [0.717, 1.165) is 63.8 Å². The van der Waals surface area contributed by atoms with Gasteiger partial charge in [-0.25, -0.2) is 0 Å². The minimum absolute atomic E-state index is 0.262. The van der Waals surface area contributed by atoms with Crippen LogP contribution in [-0.2, 0) is 15.0 Å². The molecular formula is C22H31ClN2O2. The third-order valence-corrected chi connectivity index (χ3v) is 6.59. The molecule has 5 heteroatoms. The zero-order valence-electron chi connectivity index (χ0n) is 16.5. The van der Waals surface area contributed by atoms with Crippen molar-refractivity contribution in [1.82, 2.24) is 9.80 Å². The van der Waals surface area contributed by atoms with Crippen molar-refractivity contribution in [3.8, 4) is 0 Å². The summed E-state index contributed by atoms with van der Waals surface area (Å²) in [5.74, 6) is 1.10. The number of nitrogens with zero attached hydrogens (tertiary/aromatic N) is 2. The molecule has 1 aromatic rings. The molecule has 1 aromatic carbocycles. The van der Waals surface area contributed by atoms with Gasteiger partial charge in [-0.2, -0.15) is 0 Å². The van der Waals surface area contributed by atoms with Crippen molar-refractivity contribution in [2.24, 2.45) is 5.92 Å². The second kappa shape index (κ2) is 8.64. The first-order chi connectivity index (χ1) is 13.0. The predicted molar refractivity (Wildman–Crippen MR) is 109 cm³/mol. The fourth-order valence-electron chi connectivity index (χ4n) is 4.31. The molecule has 0 unspecified atom stereocenters. The van der Waals surface area contributed by atoms with Crippen molar-refractivity contribution in [2.75, 3.05) is 26.2 Å². The summed E-state index contributed by atoms with van der Waals surface area (Å²) < 4.78 is 0. The van der Waals surface area contributed by atoms with E-state index in [9.17, 15) is 9.59 Å². The van der Waals surface area contributed by atoms with Gasteiger partial charge in [0.25, 0.3) is 0 Å². The van der Waals surface area contributed by atoms with Crippen LogP contribution < -0.4 is 0 Å². The Hall–Kier alpha value is -1.55. The van der Waals surface area contributed by atoms with Crippen LogP contribution in [0.1, 0.15) is 57.9 Å². The SMILES string of the molecule is CCN(CC)C(=O)CCC1CCN(C(=O)C2(c3ccc(Cl)cc3)CC2)CC1. The molecule has 148 valence electrons. The molecule has 0 spiro atoms. The maximum atomic E-state index is 13.1. The molecule has 0 atom stereocenters. The van der Waals surface area contributed by atoms with Crippen LogP contribution in [0.15, 0.2) is 24.3 Å². The van der Waals surface area contributed by atoms with Crippen molar-refractivity contribution in [3.05, 3.63) is 34.9 Å². The maximum Gasteiger partial charge on any atom is 0.233 e. The lowest BCUT2D eigenvalue weighted by atomic mass is 9.89. The van der Waals surface area contributed by atoms with Gasteiger partial charge in [-0.1, -0.05) is 23.7 Å². The average Bonchev–Trinajstić information content (AvgIpc) is 3.49. The minimum Gasteiger partial charge on any atom is -0.343 e. The molecule has 2 aliphatic rings. The molecule has 27 heavy (non-hydrogen) atoms.